The van der Waals surface area contributed by atoms with E-state index >= 15 is 0 Å². The van der Waals surface area contributed by atoms with E-state index in [1.807, 2.05) is 12.1 Å². The van der Waals surface area contributed by atoms with Crippen molar-refractivity contribution < 1.29 is 0 Å². The summed E-state index contributed by atoms with van der Waals surface area (Å²) in [6.07, 6.45) is 0. The molecule has 0 aliphatic rings. The molecule has 0 aliphatic carbocycles. The lowest BCUT2D eigenvalue weighted by Crippen LogP contribution is -2.17. The molecule has 12 heavy (non-hydrogen) atoms. The van der Waals surface area contributed by atoms with Gasteiger partial charge < -0.3 is 0 Å². The fourth-order valence-corrected chi connectivity index (χ4v) is 1.70. The molecule has 0 N–H and O–H groups in total. The summed E-state index contributed by atoms with van der Waals surface area (Å²) in [5.74, 6) is 0. The van der Waals surface area contributed by atoms with Crippen LogP contribution in [-0.2, 0) is 5.31 Å². The second-order valence-corrected chi connectivity index (χ2v) is 4.65. The second-order valence-electron chi connectivity index (χ2n) is 4.21. The van der Waals surface area contributed by atoms with Crippen molar-refractivity contribution in [1.29, 1.82) is 0 Å². The largest absolute Gasteiger partial charge is 0.114 e. The molecule has 0 heterocycles. The maximum Gasteiger partial charge on any atom is 0.114 e. The molecule has 0 fully saturated rings. The van der Waals surface area contributed by atoms with Crippen LogP contribution in [0.2, 0.25) is 5.02 Å². The minimum atomic E-state index is 0.217. The predicted molar refractivity (Wildman–Crippen MR) is 57.8 cm³/mol. The number of rotatable bonds is 1. The Hall–Kier alpha value is -0.425. The van der Waals surface area contributed by atoms with E-state index in [1.54, 1.807) is 0 Å². The van der Waals surface area contributed by atoms with Gasteiger partial charge in [0.15, 0.2) is 0 Å². The summed E-state index contributed by atoms with van der Waals surface area (Å²) in [5.41, 5.74) is 2.64. The van der Waals surface area contributed by atoms with E-state index in [-0.39, 0.29) is 5.31 Å². The van der Waals surface area contributed by atoms with Crippen LogP contribution in [0.4, 0.5) is 0 Å². The summed E-state index contributed by atoms with van der Waals surface area (Å²) >= 11 is 5.87. The Morgan fingerprint density at radius 1 is 1.33 bits per heavy atom. The zero-order valence-corrected chi connectivity index (χ0v) is 8.87. The second kappa shape index (κ2) is 3.14. The first kappa shape index (κ1) is 9.66. The third-order valence-corrected chi connectivity index (χ3v) is 2.23. The van der Waals surface area contributed by atoms with Gasteiger partial charge in [-0.3, -0.25) is 0 Å². The Bertz CT molecular complexity index is 286. The van der Waals surface area contributed by atoms with Crippen molar-refractivity contribution in [2.45, 2.75) is 26.1 Å². The van der Waals surface area contributed by atoms with Crippen LogP contribution in [0.5, 0.6) is 0 Å². The third kappa shape index (κ3) is 2.04. The van der Waals surface area contributed by atoms with Gasteiger partial charge in [-0.2, -0.15) is 0 Å². The van der Waals surface area contributed by atoms with Gasteiger partial charge in [-0.1, -0.05) is 31.5 Å². The lowest BCUT2D eigenvalue weighted by Gasteiger charge is -2.21. The van der Waals surface area contributed by atoms with Gasteiger partial charge >= 0.3 is 0 Å². The minimum absolute atomic E-state index is 0.217. The molecule has 1 rings (SSSR count). The average Bonchev–Trinajstić information content (AvgIpc) is 1.83. The van der Waals surface area contributed by atoms with Crippen molar-refractivity contribution in [3.05, 3.63) is 34.3 Å². The Morgan fingerprint density at radius 2 is 1.92 bits per heavy atom. The van der Waals surface area contributed by atoms with Gasteiger partial charge in [0.2, 0.25) is 0 Å². The highest BCUT2D eigenvalue weighted by molar-refractivity contribution is 6.30. The fourth-order valence-electron chi connectivity index (χ4n) is 1.47. The third-order valence-electron chi connectivity index (χ3n) is 2.00. The molecule has 0 saturated carbocycles. The van der Waals surface area contributed by atoms with Crippen LogP contribution in [0.25, 0.3) is 0 Å². The lowest BCUT2D eigenvalue weighted by atomic mass is 9.66. The Balaban J connectivity index is 3.19. The van der Waals surface area contributed by atoms with Gasteiger partial charge in [0.05, 0.1) is 0 Å². The molecule has 0 atom stereocenters. The summed E-state index contributed by atoms with van der Waals surface area (Å²) in [7, 11) is 2.21. The normalized spacial score (nSPS) is 11.7. The van der Waals surface area contributed by atoms with Gasteiger partial charge in [-0.15, -0.1) is 0 Å². The average molecular weight is 180 g/mol. The molecule has 0 amide bonds. The molecule has 0 nitrogen and oxygen atoms in total. The van der Waals surface area contributed by atoms with Crippen LogP contribution in [0.1, 0.15) is 25.0 Å². The summed E-state index contributed by atoms with van der Waals surface area (Å²) in [6.45, 7) is 6.53. The van der Waals surface area contributed by atoms with E-state index in [0.717, 1.165) is 5.02 Å². The van der Waals surface area contributed by atoms with Crippen LogP contribution in [-0.4, -0.2) is 7.85 Å². The minimum Gasteiger partial charge on any atom is -0.0843 e. The lowest BCUT2D eigenvalue weighted by molar-refractivity contribution is 0.757. The summed E-state index contributed by atoms with van der Waals surface area (Å²) in [5, 5.41) is 1.04. The molecule has 0 radical (unpaired) electrons. The molecule has 0 saturated heterocycles. The number of aryl methyl sites for hydroxylation is 1. The summed E-state index contributed by atoms with van der Waals surface area (Å²) in [6, 6.07) is 6.08. The van der Waals surface area contributed by atoms with E-state index in [0.29, 0.717) is 0 Å². The highest BCUT2D eigenvalue weighted by Gasteiger charge is 2.15. The maximum atomic E-state index is 5.87. The maximum absolute atomic E-state index is 5.87. The molecule has 1 aromatic carbocycles. The van der Waals surface area contributed by atoms with E-state index < -0.39 is 0 Å². The van der Waals surface area contributed by atoms with Crippen molar-refractivity contribution in [3.63, 3.8) is 0 Å². The van der Waals surface area contributed by atoms with Crippen LogP contribution >= 0.6 is 11.6 Å². The van der Waals surface area contributed by atoms with Gasteiger partial charge in [-0.05, 0) is 35.5 Å². The smallest absolute Gasteiger partial charge is 0.0843 e. The zero-order valence-electron chi connectivity index (χ0n) is 8.11. The van der Waals surface area contributed by atoms with Crippen molar-refractivity contribution in [2.24, 2.45) is 0 Å². The van der Waals surface area contributed by atoms with Crippen LogP contribution in [0.3, 0.4) is 0 Å². The Morgan fingerprint density at radius 3 is 2.33 bits per heavy atom. The first-order chi connectivity index (χ1) is 5.41. The molecule has 0 aromatic heterocycles. The van der Waals surface area contributed by atoms with Crippen LogP contribution in [0, 0.1) is 6.92 Å². The van der Waals surface area contributed by atoms with Gasteiger partial charge in [-0.25, -0.2) is 0 Å². The highest BCUT2D eigenvalue weighted by Crippen LogP contribution is 2.24. The first-order valence-electron chi connectivity index (χ1n) is 4.18. The molecule has 0 unspecified atom stereocenters. The van der Waals surface area contributed by atoms with E-state index in [9.17, 15) is 0 Å². The molecular formula is C10H14BCl. The zero-order chi connectivity index (χ0) is 9.35. The fraction of sp³-hybridized carbons (Fsp3) is 0.400. The van der Waals surface area contributed by atoms with E-state index in [2.05, 4.69) is 34.7 Å². The van der Waals surface area contributed by atoms with Gasteiger partial charge in [0.1, 0.15) is 7.85 Å². The van der Waals surface area contributed by atoms with E-state index in [4.69, 9.17) is 11.6 Å². The van der Waals surface area contributed by atoms with E-state index in [1.165, 1.54) is 11.1 Å². The number of halogens is 1. The molecule has 0 spiro atoms. The molecule has 64 valence electrons. The Kier molecular flexibility index (Phi) is 2.53. The topological polar surface area (TPSA) is 0 Å². The van der Waals surface area contributed by atoms with Crippen LogP contribution in [0.15, 0.2) is 18.2 Å². The van der Waals surface area contributed by atoms with Gasteiger partial charge in [0, 0.05) is 5.02 Å². The predicted octanol–water partition coefficient (Wildman–Crippen LogP) is 2.52. The molecule has 1 aromatic rings. The molecule has 0 bridgehead atoms. The summed E-state index contributed by atoms with van der Waals surface area (Å²) < 4.78 is 0. The van der Waals surface area contributed by atoms with Crippen molar-refractivity contribution in [3.8, 4) is 0 Å². The monoisotopic (exact) mass is 180 g/mol. The highest BCUT2D eigenvalue weighted by atomic mass is 35.5. The Labute approximate surface area is 80.3 Å². The first-order valence-corrected chi connectivity index (χ1v) is 4.55. The standard InChI is InChI=1S/C10H14BCl/c1-7-6-8(12)4-5-9(7)10(2,3)11/h4-6H,11H2,1-3H3. The SMILES string of the molecule is BC(C)(C)c1ccc(Cl)cc1C. The molecule has 0 aliphatic heterocycles. The van der Waals surface area contributed by atoms with Crippen LogP contribution < -0.4 is 0 Å². The molecular weight excluding hydrogens is 166 g/mol. The van der Waals surface area contributed by atoms with Crippen molar-refractivity contribution >= 4 is 19.4 Å². The van der Waals surface area contributed by atoms with Crippen molar-refractivity contribution in [2.75, 3.05) is 0 Å². The molecule has 2 heteroatoms. The number of hydrogen-bond acceptors (Lipinski definition) is 0. The summed E-state index contributed by atoms with van der Waals surface area (Å²) in [4.78, 5) is 0. The number of hydrogen-bond donors (Lipinski definition) is 0. The van der Waals surface area contributed by atoms with Crippen molar-refractivity contribution in [1.82, 2.24) is 0 Å². The van der Waals surface area contributed by atoms with Gasteiger partial charge in [0.25, 0.3) is 0 Å². The quantitative estimate of drug-likeness (QED) is 0.583. The number of benzene rings is 1.